The average molecular weight is 436 g/mol. The summed E-state index contributed by atoms with van der Waals surface area (Å²) in [5.74, 6) is -1.02. The molecule has 158 valence electrons. The highest BCUT2D eigenvalue weighted by atomic mass is 35.5. The fourth-order valence-corrected chi connectivity index (χ4v) is 2.86. The van der Waals surface area contributed by atoms with Gasteiger partial charge in [0.1, 0.15) is 12.5 Å². The van der Waals surface area contributed by atoms with Gasteiger partial charge in [-0.25, -0.2) is 13.6 Å². The zero-order valence-corrected chi connectivity index (χ0v) is 17.3. The molecule has 0 atom stereocenters. The maximum Gasteiger partial charge on any atom is 0.348 e. The first-order chi connectivity index (χ1) is 14.1. The first-order valence-electron chi connectivity index (χ1n) is 9.08. The molecule has 0 saturated carbocycles. The molecule has 7 nitrogen and oxygen atoms in total. The van der Waals surface area contributed by atoms with E-state index in [9.17, 15) is 14.0 Å². The van der Waals surface area contributed by atoms with Gasteiger partial charge in [-0.1, -0.05) is 38.4 Å². The smallest absolute Gasteiger partial charge is 0.348 e. The van der Waals surface area contributed by atoms with E-state index in [1.165, 1.54) is 30.5 Å². The molecule has 1 amide bonds. The van der Waals surface area contributed by atoms with E-state index < -0.39 is 23.6 Å². The Labute approximate surface area is 176 Å². The highest BCUT2D eigenvalue weighted by Gasteiger charge is 2.23. The third kappa shape index (κ3) is 4.40. The number of alkyl halides is 1. The van der Waals surface area contributed by atoms with Gasteiger partial charge in [-0.15, -0.1) is 5.10 Å². The quantitative estimate of drug-likeness (QED) is 0.641. The summed E-state index contributed by atoms with van der Waals surface area (Å²) in [5.41, 5.74) is -0.672. The number of pyridine rings is 1. The van der Waals surface area contributed by atoms with Gasteiger partial charge in [-0.3, -0.25) is 14.8 Å². The summed E-state index contributed by atoms with van der Waals surface area (Å²) in [4.78, 5) is 30.7. The van der Waals surface area contributed by atoms with Crippen molar-refractivity contribution >= 4 is 17.5 Å². The van der Waals surface area contributed by atoms with Gasteiger partial charge in [0.05, 0.1) is 28.2 Å². The Morgan fingerprint density at radius 3 is 2.60 bits per heavy atom. The molecule has 10 heteroatoms. The fourth-order valence-electron chi connectivity index (χ4n) is 2.62. The van der Waals surface area contributed by atoms with Crippen LogP contribution < -0.4 is 11.0 Å². The predicted molar refractivity (Wildman–Crippen MR) is 108 cm³/mol. The number of nitrogens with zero attached hydrogens (tertiary/aromatic N) is 3. The number of carbonyl (C=O) groups is 1. The normalized spacial score (nSPS) is 11.5. The monoisotopic (exact) mass is 435 g/mol. The van der Waals surface area contributed by atoms with Crippen molar-refractivity contribution in [2.24, 2.45) is 5.41 Å². The minimum absolute atomic E-state index is 0.0465. The van der Waals surface area contributed by atoms with Crippen LogP contribution in [-0.2, 0) is 18.0 Å². The van der Waals surface area contributed by atoms with Crippen molar-refractivity contribution in [2.75, 3.05) is 0 Å². The molecular formula is C20H20ClF2N5O2. The predicted octanol–water partition coefficient (Wildman–Crippen LogP) is 3.55. The van der Waals surface area contributed by atoms with E-state index in [4.69, 9.17) is 11.6 Å². The number of halogens is 3. The molecule has 0 radical (unpaired) electrons. The summed E-state index contributed by atoms with van der Waals surface area (Å²) in [5, 5.41) is 6.83. The highest BCUT2D eigenvalue weighted by molar-refractivity contribution is 6.33. The van der Waals surface area contributed by atoms with Crippen LogP contribution in [0.2, 0.25) is 5.02 Å². The van der Waals surface area contributed by atoms with Crippen LogP contribution in [0.3, 0.4) is 0 Å². The number of rotatable bonds is 5. The van der Waals surface area contributed by atoms with Crippen molar-refractivity contribution in [3.63, 3.8) is 0 Å². The van der Waals surface area contributed by atoms with Gasteiger partial charge in [-0.05, 0) is 18.2 Å². The number of hydrogen-bond acceptors (Lipinski definition) is 4. The molecule has 0 unspecified atom stereocenters. The molecule has 0 spiro atoms. The fraction of sp³-hybridized carbons (Fsp3) is 0.300. The van der Waals surface area contributed by atoms with Crippen LogP contribution in [-0.4, -0.2) is 25.7 Å². The SMILES string of the molecule is CC(C)(C)C(=O)NCc1ccc(Cl)c(-c2nn(-c3ccc(CF)nc3)c(=O)[nH]2)c1F. The summed E-state index contributed by atoms with van der Waals surface area (Å²) in [7, 11) is 0. The Bertz CT molecular complexity index is 1130. The number of carbonyl (C=O) groups excluding carboxylic acids is 1. The van der Waals surface area contributed by atoms with Crippen LogP contribution in [0.1, 0.15) is 32.0 Å². The van der Waals surface area contributed by atoms with Gasteiger partial charge in [0, 0.05) is 17.5 Å². The summed E-state index contributed by atoms with van der Waals surface area (Å²) >= 11 is 6.17. The Hall–Kier alpha value is -3.07. The lowest BCUT2D eigenvalue weighted by atomic mass is 9.95. The van der Waals surface area contributed by atoms with E-state index >= 15 is 4.39 Å². The van der Waals surface area contributed by atoms with Gasteiger partial charge >= 0.3 is 5.69 Å². The zero-order valence-electron chi connectivity index (χ0n) is 16.6. The third-order valence-corrected chi connectivity index (χ3v) is 4.65. The summed E-state index contributed by atoms with van der Waals surface area (Å²) in [6.07, 6.45) is 1.29. The molecule has 2 heterocycles. The van der Waals surface area contributed by atoms with E-state index in [1.807, 2.05) is 0 Å². The number of nitrogens with one attached hydrogen (secondary N) is 2. The minimum Gasteiger partial charge on any atom is -0.351 e. The lowest BCUT2D eigenvalue weighted by Gasteiger charge is -2.18. The molecule has 2 aromatic heterocycles. The summed E-state index contributed by atoms with van der Waals surface area (Å²) in [6.45, 7) is 4.46. The van der Waals surface area contributed by atoms with Crippen molar-refractivity contribution in [1.29, 1.82) is 0 Å². The summed E-state index contributed by atoms with van der Waals surface area (Å²) in [6, 6.07) is 5.82. The van der Waals surface area contributed by atoms with Crippen LogP contribution in [0, 0.1) is 11.2 Å². The molecule has 0 bridgehead atoms. The largest absolute Gasteiger partial charge is 0.351 e. The van der Waals surface area contributed by atoms with Crippen LogP contribution in [0.5, 0.6) is 0 Å². The van der Waals surface area contributed by atoms with Crippen LogP contribution in [0.25, 0.3) is 17.1 Å². The van der Waals surface area contributed by atoms with Crippen molar-refractivity contribution in [3.05, 3.63) is 63.0 Å². The van der Waals surface area contributed by atoms with E-state index in [1.54, 1.807) is 20.8 Å². The van der Waals surface area contributed by atoms with Crippen LogP contribution in [0.4, 0.5) is 8.78 Å². The van der Waals surface area contributed by atoms with E-state index in [0.717, 1.165) is 4.68 Å². The number of benzene rings is 1. The Morgan fingerprint density at radius 2 is 2.00 bits per heavy atom. The molecule has 0 fully saturated rings. The zero-order chi connectivity index (χ0) is 22.1. The molecule has 0 aliphatic rings. The van der Waals surface area contributed by atoms with E-state index in [2.05, 4.69) is 20.4 Å². The minimum atomic E-state index is -0.736. The summed E-state index contributed by atoms with van der Waals surface area (Å²) < 4.78 is 28.8. The lowest BCUT2D eigenvalue weighted by Crippen LogP contribution is -2.34. The standard InChI is InChI=1S/C20H20ClF2N5O2/c1-20(2,3)18(29)25-9-11-4-7-14(21)15(16(11)23)17-26-19(30)28(27-17)13-6-5-12(8-22)24-10-13/h4-7,10H,8-9H2,1-3H3,(H,25,29)(H,26,27,30). The lowest BCUT2D eigenvalue weighted by molar-refractivity contribution is -0.128. The molecule has 0 aliphatic heterocycles. The Kier molecular flexibility index (Phi) is 6.02. The highest BCUT2D eigenvalue weighted by Crippen LogP contribution is 2.30. The molecule has 1 aromatic carbocycles. The number of hydrogen-bond donors (Lipinski definition) is 2. The second-order valence-electron chi connectivity index (χ2n) is 7.66. The molecule has 3 aromatic rings. The second-order valence-corrected chi connectivity index (χ2v) is 8.07. The number of aromatic nitrogens is 4. The van der Waals surface area contributed by atoms with Crippen LogP contribution >= 0.6 is 11.6 Å². The van der Waals surface area contributed by atoms with Crippen molar-refractivity contribution < 1.29 is 13.6 Å². The van der Waals surface area contributed by atoms with Crippen molar-refractivity contribution in [3.8, 4) is 17.1 Å². The average Bonchev–Trinajstić information content (AvgIpc) is 3.07. The van der Waals surface area contributed by atoms with Crippen molar-refractivity contribution in [1.82, 2.24) is 25.1 Å². The van der Waals surface area contributed by atoms with E-state index in [0.29, 0.717) is 0 Å². The Balaban J connectivity index is 1.96. The number of H-pyrrole nitrogens is 1. The molecule has 30 heavy (non-hydrogen) atoms. The maximum absolute atomic E-state index is 15.1. The molecule has 0 aliphatic carbocycles. The first-order valence-corrected chi connectivity index (χ1v) is 9.45. The molecular weight excluding hydrogens is 416 g/mol. The second kappa shape index (κ2) is 8.35. The third-order valence-electron chi connectivity index (χ3n) is 4.34. The Morgan fingerprint density at radius 1 is 1.27 bits per heavy atom. The van der Waals surface area contributed by atoms with Gasteiger partial charge in [-0.2, -0.15) is 4.68 Å². The molecule has 2 N–H and O–H groups in total. The maximum atomic E-state index is 15.1. The van der Waals surface area contributed by atoms with Gasteiger partial charge in [0.25, 0.3) is 0 Å². The van der Waals surface area contributed by atoms with Gasteiger partial charge < -0.3 is 5.32 Å². The van der Waals surface area contributed by atoms with Gasteiger partial charge in [0.15, 0.2) is 5.82 Å². The van der Waals surface area contributed by atoms with Crippen molar-refractivity contribution in [2.45, 2.75) is 34.0 Å². The van der Waals surface area contributed by atoms with E-state index in [-0.39, 0.29) is 45.8 Å². The number of amides is 1. The topological polar surface area (TPSA) is 92.7 Å². The number of aromatic amines is 1. The molecule has 3 rings (SSSR count). The van der Waals surface area contributed by atoms with Crippen LogP contribution in [0.15, 0.2) is 35.3 Å². The first kappa shape index (κ1) is 21.6. The van der Waals surface area contributed by atoms with Gasteiger partial charge in [0.2, 0.25) is 5.91 Å². The molecule has 0 saturated heterocycles.